The Kier molecular flexibility index (Phi) is 8.15. The average Bonchev–Trinajstić information content (AvgIpc) is 2.27. The van der Waals surface area contributed by atoms with E-state index in [-0.39, 0.29) is 24.7 Å². The van der Waals surface area contributed by atoms with Gasteiger partial charge >= 0.3 is 0 Å². The van der Waals surface area contributed by atoms with Gasteiger partial charge in [0.1, 0.15) is 0 Å². The van der Waals surface area contributed by atoms with Crippen LogP contribution in [0.2, 0.25) is 0 Å². The van der Waals surface area contributed by atoms with E-state index in [0.717, 1.165) is 0 Å². The van der Waals surface area contributed by atoms with Crippen LogP contribution in [0, 0.1) is 0 Å². The van der Waals surface area contributed by atoms with Gasteiger partial charge in [-0.3, -0.25) is 4.79 Å². The number of ether oxygens (including phenoxy) is 1. The predicted octanol–water partition coefficient (Wildman–Crippen LogP) is 0.620. The number of hydrogen-bond acceptors (Lipinski definition) is 4. The molecule has 0 aromatic rings. The number of carbonyl (C=O) groups is 1. The zero-order chi connectivity index (χ0) is 14.2. The molecule has 0 fully saturated rings. The Morgan fingerprint density at radius 1 is 1.33 bits per heavy atom. The van der Waals surface area contributed by atoms with E-state index in [4.69, 9.17) is 4.74 Å². The van der Waals surface area contributed by atoms with Gasteiger partial charge in [-0.25, -0.2) is 0 Å². The van der Waals surface area contributed by atoms with Crippen molar-refractivity contribution in [2.45, 2.75) is 46.3 Å². The maximum Gasteiger partial charge on any atom is 0.236 e. The molecule has 2 N–H and O–H groups in total. The van der Waals surface area contributed by atoms with Gasteiger partial charge in [-0.2, -0.15) is 0 Å². The summed E-state index contributed by atoms with van der Waals surface area (Å²) < 4.78 is 5.45. The number of aliphatic hydroxyl groups excluding tert-OH is 1. The molecule has 0 aromatic heterocycles. The molecule has 108 valence electrons. The SMILES string of the molecule is CCN(CC)C(=O)CNCC(O)COC(C)(C)C. The summed E-state index contributed by atoms with van der Waals surface area (Å²) in [6, 6.07) is 0. The fourth-order valence-corrected chi connectivity index (χ4v) is 1.44. The van der Waals surface area contributed by atoms with Crippen LogP contribution in [0.4, 0.5) is 0 Å². The molecule has 0 radical (unpaired) electrons. The van der Waals surface area contributed by atoms with Crippen molar-refractivity contribution in [3.05, 3.63) is 0 Å². The summed E-state index contributed by atoms with van der Waals surface area (Å²) in [5.74, 6) is 0.0592. The van der Waals surface area contributed by atoms with Crippen molar-refractivity contribution in [2.75, 3.05) is 32.8 Å². The first kappa shape index (κ1) is 17.4. The van der Waals surface area contributed by atoms with Gasteiger partial charge in [-0.1, -0.05) is 0 Å². The molecular weight excluding hydrogens is 232 g/mol. The van der Waals surface area contributed by atoms with Gasteiger partial charge < -0.3 is 20.1 Å². The highest BCUT2D eigenvalue weighted by Gasteiger charge is 2.14. The monoisotopic (exact) mass is 260 g/mol. The van der Waals surface area contributed by atoms with E-state index in [1.165, 1.54) is 0 Å². The molecule has 0 aromatic carbocycles. The van der Waals surface area contributed by atoms with Crippen LogP contribution in [-0.2, 0) is 9.53 Å². The van der Waals surface area contributed by atoms with Gasteiger partial charge in [0.15, 0.2) is 0 Å². The lowest BCUT2D eigenvalue weighted by molar-refractivity contribution is -0.130. The number of likely N-dealkylation sites (N-methyl/N-ethyl adjacent to an activating group) is 1. The van der Waals surface area contributed by atoms with Crippen molar-refractivity contribution >= 4 is 5.91 Å². The summed E-state index contributed by atoms with van der Waals surface area (Å²) in [5.41, 5.74) is -0.252. The minimum Gasteiger partial charge on any atom is -0.389 e. The van der Waals surface area contributed by atoms with Gasteiger partial charge in [0.2, 0.25) is 5.91 Å². The Hall–Kier alpha value is -0.650. The molecular formula is C13H28N2O3. The molecule has 0 aliphatic rings. The van der Waals surface area contributed by atoms with E-state index in [1.807, 2.05) is 34.6 Å². The van der Waals surface area contributed by atoms with Crippen molar-refractivity contribution in [1.82, 2.24) is 10.2 Å². The van der Waals surface area contributed by atoms with Crippen molar-refractivity contribution in [2.24, 2.45) is 0 Å². The lowest BCUT2D eigenvalue weighted by Crippen LogP contribution is -2.41. The van der Waals surface area contributed by atoms with E-state index in [0.29, 0.717) is 19.6 Å². The Bertz CT molecular complexity index is 235. The number of nitrogens with zero attached hydrogens (tertiary/aromatic N) is 1. The topological polar surface area (TPSA) is 61.8 Å². The molecule has 0 aliphatic carbocycles. The third-order valence-corrected chi connectivity index (χ3v) is 2.48. The van der Waals surface area contributed by atoms with Crippen LogP contribution in [0.1, 0.15) is 34.6 Å². The molecule has 5 nitrogen and oxygen atoms in total. The number of carbonyl (C=O) groups excluding carboxylic acids is 1. The summed E-state index contributed by atoms with van der Waals surface area (Å²) in [6.07, 6.45) is -0.589. The molecule has 0 saturated carbocycles. The van der Waals surface area contributed by atoms with Gasteiger partial charge in [0.05, 0.1) is 24.9 Å². The molecule has 1 atom stereocenters. The van der Waals surface area contributed by atoms with Crippen LogP contribution in [0.5, 0.6) is 0 Å². The second kappa shape index (κ2) is 8.45. The Morgan fingerprint density at radius 3 is 2.33 bits per heavy atom. The first-order valence-electron chi connectivity index (χ1n) is 6.60. The van der Waals surface area contributed by atoms with Crippen LogP contribution in [0.25, 0.3) is 0 Å². The van der Waals surface area contributed by atoms with Crippen molar-refractivity contribution in [3.63, 3.8) is 0 Å². The Balaban J connectivity index is 3.74. The number of amides is 1. The fourth-order valence-electron chi connectivity index (χ4n) is 1.44. The van der Waals surface area contributed by atoms with Crippen LogP contribution >= 0.6 is 0 Å². The van der Waals surface area contributed by atoms with Crippen LogP contribution in [-0.4, -0.2) is 60.4 Å². The number of aliphatic hydroxyl groups is 1. The highest BCUT2D eigenvalue weighted by Crippen LogP contribution is 2.06. The smallest absolute Gasteiger partial charge is 0.236 e. The minimum absolute atomic E-state index is 0.0592. The second-order valence-electron chi connectivity index (χ2n) is 5.27. The zero-order valence-corrected chi connectivity index (χ0v) is 12.3. The van der Waals surface area contributed by atoms with E-state index in [1.54, 1.807) is 4.90 Å². The van der Waals surface area contributed by atoms with Gasteiger partial charge in [0, 0.05) is 19.6 Å². The number of rotatable bonds is 8. The number of nitrogens with one attached hydrogen (secondary N) is 1. The molecule has 0 heterocycles. The molecule has 0 spiro atoms. The van der Waals surface area contributed by atoms with Crippen LogP contribution < -0.4 is 5.32 Å². The Labute approximate surface area is 110 Å². The summed E-state index contributed by atoms with van der Waals surface area (Å²) in [6.45, 7) is 12.1. The van der Waals surface area contributed by atoms with Crippen LogP contribution in [0.3, 0.4) is 0 Å². The highest BCUT2D eigenvalue weighted by molar-refractivity contribution is 5.78. The zero-order valence-electron chi connectivity index (χ0n) is 12.3. The minimum atomic E-state index is -0.589. The second-order valence-corrected chi connectivity index (χ2v) is 5.27. The fraction of sp³-hybridized carbons (Fsp3) is 0.923. The van der Waals surface area contributed by atoms with Crippen molar-refractivity contribution in [3.8, 4) is 0 Å². The molecule has 18 heavy (non-hydrogen) atoms. The summed E-state index contributed by atoms with van der Waals surface area (Å²) >= 11 is 0. The first-order chi connectivity index (χ1) is 8.30. The molecule has 0 saturated heterocycles. The van der Waals surface area contributed by atoms with Crippen molar-refractivity contribution in [1.29, 1.82) is 0 Å². The summed E-state index contributed by atoms with van der Waals surface area (Å²) in [5, 5.41) is 12.6. The van der Waals surface area contributed by atoms with E-state index in [2.05, 4.69) is 5.32 Å². The molecule has 1 amide bonds. The third kappa shape index (κ3) is 8.44. The van der Waals surface area contributed by atoms with Crippen LogP contribution in [0.15, 0.2) is 0 Å². The maximum absolute atomic E-state index is 11.7. The molecule has 5 heteroatoms. The Morgan fingerprint density at radius 2 is 1.89 bits per heavy atom. The largest absolute Gasteiger partial charge is 0.389 e. The molecule has 1 unspecified atom stereocenters. The molecule has 0 aliphatic heterocycles. The maximum atomic E-state index is 11.7. The van der Waals surface area contributed by atoms with Gasteiger partial charge in [-0.15, -0.1) is 0 Å². The van der Waals surface area contributed by atoms with Gasteiger partial charge in [0.25, 0.3) is 0 Å². The molecule has 0 rings (SSSR count). The summed E-state index contributed by atoms with van der Waals surface area (Å²) in [4.78, 5) is 13.4. The lowest BCUT2D eigenvalue weighted by Gasteiger charge is -2.22. The lowest BCUT2D eigenvalue weighted by atomic mass is 10.2. The standard InChI is InChI=1S/C13H28N2O3/c1-6-15(7-2)12(17)9-14-8-11(16)10-18-13(3,4)5/h11,14,16H,6-10H2,1-5H3. The van der Waals surface area contributed by atoms with Gasteiger partial charge in [-0.05, 0) is 34.6 Å². The van der Waals surface area contributed by atoms with E-state index in [9.17, 15) is 9.90 Å². The first-order valence-corrected chi connectivity index (χ1v) is 6.60. The third-order valence-electron chi connectivity index (χ3n) is 2.48. The van der Waals surface area contributed by atoms with E-state index >= 15 is 0 Å². The van der Waals surface area contributed by atoms with E-state index < -0.39 is 6.10 Å². The summed E-state index contributed by atoms with van der Waals surface area (Å²) in [7, 11) is 0. The normalized spacial score (nSPS) is 13.4. The highest BCUT2D eigenvalue weighted by atomic mass is 16.5. The van der Waals surface area contributed by atoms with Crippen molar-refractivity contribution < 1.29 is 14.6 Å². The molecule has 0 bridgehead atoms. The number of hydrogen-bond donors (Lipinski definition) is 2. The average molecular weight is 260 g/mol. The quantitative estimate of drug-likeness (QED) is 0.671. The predicted molar refractivity (Wildman–Crippen MR) is 72.5 cm³/mol.